The Kier molecular flexibility index (Phi) is 6.58. The van der Waals surface area contributed by atoms with E-state index in [-0.39, 0.29) is 18.9 Å². The van der Waals surface area contributed by atoms with Gasteiger partial charge in [0.25, 0.3) is 0 Å². The first-order valence-corrected chi connectivity index (χ1v) is 5.52. The minimum Gasteiger partial charge on any atom is -0.743 e. The molecular weight excluding hydrogens is 330 g/mol. The first-order valence-electron chi connectivity index (χ1n) is 4.11. The summed E-state index contributed by atoms with van der Waals surface area (Å²) in [6.45, 7) is 0. The van der Waals surface area contributed by atoms with Gasteiger partial charge in [-0.2, -0.15) is 39.5 Å². The Balaban J connectivity index is 0. The minimum absolute atomic E-state index is 0. The summed E-state index contributed by atoms with van der Waals surface area (Å²) in [6.07, 6.45) is -10.7. The predicted molar refractivity (Wildman–Crippen MR) is 39.8 cm³/mol. The number of alkyl halides is 9. The van der Waals surface area contributed by atoms with Crippen molar-refractivity contribution in [3.63, 3.8) is 0 Å². The summed E-state index contributed by atoms with van der Waals surface area (Å²) in [5.41, 5.74) is 0. The van der Waals surface area contributed by atoms with Gasteiger partial charge in [-0.3, -0.25) is 0 Å². The molecule has 0 amide bonds. The van der Waals surface area contributed by atoms with Crippen LogP contribution in [0.1, 0.15) is 12.8 Å². The van der Waals surface area contributed by atoms with E-state index in [4.69, 9.17) is 0 Å². The summed E-state index contributed by atoms with van der Waals surface area (Å²) < 4.78 is 139. The van der Waals surface area contributed by atoms with Gasteiger partial charge in [0, 0.05) is 12.8 Å². The van der Waals surface area contributed by atoms with Gasteiger partial charge in [0.1, 0.15) is 0 Å². The van der Waals surface area contributed by atoms with Crippen LogP contribution in [0.5, 0.6) is 0 Å². The summed E-state index contributed by atoms with van der Waals surface area (Å²) in [5, 5.41) is -6.74. The second-order valence-corrected chi connectivity index (χ2v) is 4.79. The standard InChI is InChI=1S/C6H5F9O3S.Li/c7-3(8,1-2-4(9,10)11)5(12,13)6(14,15)19(16,17)18;/h1-2H2,(H,16,17,18);/q;+1/p-1. The van der Waals surface area contributed by atoms with Crippen molar-refractivity contribution in [1.82, 2.24) is 0 Å². The molecule has 0 aromatic rings. The molecule has 0 fully saturated rings. The molecule has 0 aromatic heterocycles. The maximum atomic E-state index is 12.6. The Hall–Kier alpha value is -0.123. The Bertz CT molecular complexity index is 429. The van der Waals surface area contributed by atoms with Crippen molar-refractivity contribution >= 4 is 10.1 Å². The van der Waals surface area contributed by atoms with E-state index in [0.717, 1.165) is 0 Å². The van der Waals surface area contributed by atoms with E-state index in [1.165, 1.54) is 0 Å². The zero-order valence-corrected chi connectivity index (χ0v) is 10.3. The predicted octanol–water partition coefficient (Wildman–Crippen LogP) is -0.259. The first-order chi connectivity index (χ1) is 7.96. The van der Waals surface area contributed by atoms with Gasteiger partial charge in [-0.1, -0.05) is 0 Å². The summed E-state index contributed by atoms with van der Waals surface area (Å²) in [4.78, 5) is 0. The van der Waals surface area contributed by atoms with Gasteiger partial charge in [-0.15, -0.1) is 0 Å². The van der Waals surface area contributed by atoms with Gasteiger partial charge < -0.3 is 4.55 Å². The van der Waals surface area contributed by atoms with Crippen molar-refractivity contribution in [1.29, 1.82) is 0 Å². The molecular formula is C6H4F9LiO3S. The van der Waals surface area contributed by atoms with Gasteiger partial charge in [0.15, 0.2) is 10.1 Å². The van der Waals surface area contributed by atoms with E-state index in [9.17, 15) is 52.5 Å². The zero-order valence-electron chi connectivity index (χ0n) is 9.45. The van der Waals surface area contributed by atoms with E-state index >= 15 is 0 Å². The molecule has 116 valence electrons. The average molecular weight is 334 g/mol. The number of rotatable bonds is 5. The molecule has 0 saturated carbocycles. The number of hydrogen-bond acceptors (Lipinski definition) is 3. The van der Waals surface area contributed by atoms with Crippen LogP contribution in [0.15, 0.2) is 0 Å². The second-order valence-electron chi connectivity index (χ2n) is 3.36. The molecule has 0 spiro atoms. The monoisotopic (exact) mass is 334 g/mol. The quantitative estimate of drug-likeness (QED) is 0.396. The maximum absolute atomic E-state index is 12.6. The molecule has 0 unspecified atom stereocenters. The van der Waals surface area contributed by atoms with Crippen molar-refractivity contribution in [3.8, 4) is 0 Å². The molecule has 0 N–H and O–H groups in total. The van der Waals surface area contributed by atoms with Gasteiger partial charge in [-0.05, 0) is 0 Å². The summed E-state index contributed by atoms with van der Waals surface area (Å²) in [6, 6.07) is 0. The van der Waals surface area contributed by atoms with Gasteiger partial charge in [-0.25, -0.2) is 8.42 Å². The van der Waals surface area contributed by atoms with E-state index in [0.29, 0.717) is 0 Å². The third-order valence-electron chi connectivity index (χ3n) is 1.86. The topological polar surface area (TPSA) is 57.2 Å². The molecule has 0 rings (SSSR count). The molecule has 0 aliphatic rings. The van der Waals surface area contributed by atoms with Crippen LogP contribution in [-0.2, 0) is 10.1 Å². The van der Waals surface area contributed by atoms with E-state index in [1.54, 1.807) is 0 Å². The summed E-state index contributed by atoms with van der Waals surface area (Å²) >= 11 is 0. The Morgan fingerprint density at radius 3 is 1.40 bits per heavy atom. The third kappa shape index (κ3) is 4.44. The van der Waals surface area contributed by atoms with Crippen molar-refractivity contribution in [3.05, 3.63) is 0 Å². The van der Waals surface area contributed by atoms with Crippen LogP contribution in [0.25, 0.3) is 0 Å². The van der Waals surface area contributed by atoms with Crippen LogP contribution < -0.4 is 18.9 Å². The molecule has 0 bridgehead atoms. The first kappa shape index (κ1) is 22.2. The second kappa shape index (κ2) is 5.94. The zero-order chi connectivity index (χ0) is 15.9. The largest absolute Gasteiger partial charge is 1.00 e. The molecule has 14 heteroatoms. The maximum Gasteiger partial charge on any atom is 1.00 e. The molecule has 0 aliphatic heterocycles. The van der Waals surface area contributed by atoms with Crippen LogP contribution in [0.4, 0.5) is 39.5 Å². The number of halogens is 9. The van der Waals surface area contributed by atoms with Crippen LogP contribution in [0, 0.1) is 0 Å². The van der Waals surface area contributed by atoms with E-state index in [1.807, 2.05) is 0 Å². The Morgan fingerprint density at radius 1 is 0.800 bits per heavy atom. The molecule has 0 heterocycles. The third-order valence-corrected chi connectivity index (χ3v) is 2.75. The molecule has 0 atom stereocenters. The molecule has 0 aromatic carbocycles. The summed E-state index contributed by atoms with van der Waals surface area (Å²) in [5.74, 6) is -12.8. The SMILES string of the molecule is O=S(=O)([O-])C(F)(F)C(F)(F)C(F)(F)CCC(F)(F)F.[Li+]. The minimum atomic E-state index is -7.19. The number of hydrogen-bond donors (Lipinski definition) is 0. The van der Waals surface area contributed by atoms with Crippen LogP contribution in [-0.4, -0.2) is 36.2 Å². The summed E-state index contributed by atoms with van der Waals surface area (Å²) in [7, 11) is -7.19. The van der Waals surface area contributed by atoms with E-state index < -0.39 is 46.2 Å². The fourth-order valence-corrected chi connectivity index (χ4v) is 1.29. The van der Waals surface area contributed by atoms with Crippen molar-refractivity contribution in [2.75, 3.05) is 0 Å². The molecule has 20 heavy (non-hydrogen) atoms. The Morgan fingerprint density at radius 2 is 1.15 bits per heavy atom. The van der Waals surface area contributed by atoms with Crippen molar-refractivity contribution < 1.29 is 71.3 Å². The normalized spacial score (nSPS) is 14.9. The fraction of sp³-hybridized carbons (Fsp3) is 1.00. The molecule has 0 saturated heterocycles. The van der Waals surface area contributed by atoms with Crippen LogP contribution in [0.2, 0.25) is 0 Å². The molecule has 0 radical (unpaired) electrons. The Labute approximate surface area is 118 Å². The van der Waals surface area contributed by atoms with Gasteiger partial charge in [0.2, 0.25) is 0 Å². The van der Waals surface area contributed by atoms with Crippen LogP contribution in [0.3, 0.4) is 0 Å². The van der Waals surface area contributed by atoms with Crippen molar-refractivity contribution in [2.24, 2.45) is 0 Å². The van der Waals surface area contributed by atoms with Crippen molar-refractivity contribution in [2.45, 2.75) is 36.1 Å². The average Bonchev–Trinajstić information content (AvgIpc) is 2.11. The fourth-order valence-electron chi connectivity index (χ4n) is 0.826. The van der Waals surface area contributed by atoms with Crippen LogP contribution >= 0.6 is 0 Å². The molecule has 0 aliphatic carbocycles. The van der Waals surface area contributed by atoms with Gasteiger partial charge >= 0.3 is 42.1 Å². The van der Waals surface area contributed by atoms with Gasteiger partial charge in [0.05, 0.1) is 0 Å². The smallest absolute Gasteiger partial charge is 0.743 e. The van der Waals surface area contributed by atoms with E-state index in [2.05, 4.69) is 0 Å². The molecule has 3 nitrogen and oxygen atoms in total.